The number of nitrogens with zero attached hydrogens (tertiary/aromatic N) is 2. The summed E-state index contributed by atoms with van der Waals surface area (Å²) in [5, 5.41) is 3.15. The fourth-order valence-electron chi connectivity index (χ4n) is 6.24. The van der Waals surface area contributed by atoms with Gasteiger partial charge in [-0.1, -0.05) is 92.9 Å². The third-order valence-electron chi connectivity index (χ3n) is 9.22. The standard InChI is InChI=1S/C21H23NO.C19H26N2/c1-15-10-12-22(13-11-15)21(23)20-18-8-4-2-6-16(18)14-17-7-3-5-9-19(17)20;1-8-19(20-6)17(5)21(7)16(4)13-15(3)18-12-10-9-11-14(18)2/h2-9,15,20H,10-14H2,1H3;8-13,20H,1,3H2,2,4-7H3/b;16-13-,19-17+. The summed E-state index contributed by atoms with van der Waals surface area (Å²) in [6, 6.07) is 25.2. The molecule has 3 aromatic carbocycles. The van der Waals surface area contributed by atoms with E-state index in [4.69, 9.17) is 0 Å². The molecule has 0 saturated carbocycles. The lowest BCUT2D eigenvalue weighted by molar-refractivity contribution is -0.133. The van der Waals surface area contributed by atoms with Crippen LogP contribution in [0.4, 0.5) is 0 Å². The van der Waals surface area contributed by atoms with Gasteiger partial charge in [0.25, 0.3) is 0 Å². The Bertz CT molecular complexity index is 1510. The first-order valence-corrected chi connectivity index (χ1v) is 15.8. The van der Waals surface area contributed by atoms with Gasteiger partial charge < -0.3 is 15.1 Å². The van der Waals surface area contributed by atoms with Crippen molar-refractivity contribution >= 4 is 11.5 Å². The number of hydrogen-bond donors (Lipinski definition) is 1. The molecule has 5 rings (SSSR count). The van der Waals surface area contributed by atoms with Gasteiger partial charge in [0.15, 0.2) is 0 Å². The van der Waals surface area contributed by atoms with Crippen molar-refractivity contribution in [2.45, 2.75) is 52.9 Å². The molecule has 230 valence electrons. The third-order valence-corrected chi connectivity index (χ3v) is 9.22. The van der Waals surface area contributed by atoms with Gasteiger partial charge >= 0.3 is 0 Å². The van der Waals surface area contributed by atoms with E-state index >= 15 is 0 Å². The molecule has 0 spiro atoms. The zero-order valence-electron chi connectivity index (χ0n) is 27.5. The number of likely N-dealkylation sites (tertiary alicyclic amines) is 1. The van der Waals surface area contributed by atoms with Crippen LogP contribution in [0, 0.1) is 12.8 Å². The van der Waals surface area contributed by atoms with Gasteiger partial charge in [0.1, 0.15) is 0 Å². The summed E-state index contributed by atoms with van der Waals surface area (Å²) in [5.41, 5.74) is 11.7. The Hall–Kier alpha value is -4.31. The Balaban J connectivity index is 0.000000202. The number of likely N-dealkylation sites (N-methyl/N-ethyl adjacent to an activating group) is 1. The summed E-state index contributed by atoms with van der Waals surface area (Å²) in [6.45, 7) is 18.4. The van der Waals surface area contributed by atoms with E-state index in [0.717, 1.165) is 60.9 Å². The quantitative estimate of drug-likeness (QED) is 0.282. The lowest BCUT2D eigenvalue weighted by atomic mass is 9.77. The summed E-state index contributed by atoms with van der Waals surface area (Å²) < 4.78 is 0. The summed E-state index contributed by atoms with van der Waals surface area (Å²) in [7, 11) is 3.95. The molecule has 0 atom stereocenters. The van der Waals surface area contributed by atoms with E-state index in [0.29, 0.717) is 0 Å². The van der Waals surface area contributed by atoms with Gasteiger partial charge in [-0.3, -0.25) is 4.79 Å². The number of nitrogens with one attached hydrogen (secondary N) is 1. The zero-order valence-corrected chi connectivity index (χ0v) is 27.5. The molecule has 4 heteroatoms. The molecule has 1 aliphatic carbocycles. The maximum Gasteiger partial charge on any atom is 0.234 e. The van der Waals surface area contributed by atoms with Gasteiger partial charge in [0, 0.05) is 38.6 Å². The van der Waals surface area contributed by atoms with E-state index in [-0.39, 0.29) is 11.8 Å². The molecule has 0 radical (unpaired) electrons. The van der Waals surface area contributed by atoms with E-state index in [1.807, 2.05) is 32.3 Å². The fourth-order valence-corrected chi connectivity index (χ4v) is 6.24. The minimum Gasteiger partial charge on any atom is -0.387 e. The van der Waals surface area contributed by atoms with Gasteiger partial charge in [-0.05, 0) is 97.1 Å². The second-order valence-corrected chi connectivity index (χ2v) is 12.2. The molecule has 2 aliphatic rings. The van der Waals surface area contributed by atoms with Gasteiger partial charge in [-0.15, -0.1) is 0 Å². The minimum absolute atomic E-state index is 0.121. The number of aryl methyl sites for hydroxylation is 1. The highest BCUT2D eigenvalue weighted by atomic mass is 16.2. The maximum atomic E-state index is 13.3. The van der Waals surface area contributed by atoms with Crippen molar-refractivity contribution in [2.24, 2.45) is 5.92 Å². The number of allylic oxidation sites excluding steroid dienone is 5. The van der Waals surface area contributed by atoms with E-state index in [1.54, 1.807) is 0 Å². The molecule has 4 nitrogen and oxygen atoms in total. The van der Waals surface area contributed by atoms with Crippen LogP contribution >= 0.6 is 0 Å². The molecule has 1 heterocycles. The molecule has 1 saturated heterocycles. The van der Waals surface area contributed by atoms with E-state index in [9.17, 15) is 4.79 Å². The number of amides is 1. The smallest absolute Gasteiger partial charge is 0.234 e. The molecule has 3 aromatic rings. The Morgan fingerprint density at radius 2 is 1.48 bits per heavy atom. The first-order valence-electron chi connectivity index (χ1n) is 15.8. The zero-order chi connectivity index (χ0) is 31.8. The molecule has 0 unspecified atom stereocenters. The summed E-state index contributed by atoms with van der Waals surface area (Å²) in [5.74, 6) is 0.908. The van der Waals surface area contributed by atoms with Crippen LogP contribution in [0.15, 0.2) is 115 Å². The van der Waals surface area contributed by atoms with Gasteiger partial charge in [-0.25, -0.2) is 0 Å². The number of benzene rings is 3. The van der Waals surface area contributed by atoms with Crippen molar-refractivity contribution in [2.75, 3.05) is 27.2 Å². The monoisotopic (exact) mass is 587 g/mol. The van der Waals surface area contributed by atoms with Gasteiger partial charge in [0.2, 0.25) is 5.91 Å². The number of hydrogen-bond acceptors (Lipinski definition) is 3. The Kier molecular flexibility index (Phi) is 11.1. The maximum absolute atomic E-state index is 13.3. The highest BCUT2D eigenvalue weighted by Gasteiger charge is 2.34. The molecule has 0 bridgehead atoms. The highest BCUT2D eigenvalue weighted by molar-refractivity contribution is 5.89. The van der Waals surface area contributed by atoms with Gasteiger partial charge in [0.05, 0.1) is 11.6 Å². The van der Waals surface area contributed by atoms with E-state index < -0.39 is 0 Å². The fraction of sp³-hybridized carbons (Fsp3) is 0.325. The normalized spacial score (nSPS) is 15.6. The van der Waals surface area contributed by atoms with Crippen LogP contribution in [0.2, 0.25) is 0 Å². The van der Waals surface area contributed by atoms with Crippen LogP contribution in [0.25, 0.3) is 5.57 Å². The van der Waals surface area contributed by atoms with Crippen LogP contribution in [-0.2, 0) is 11.2 Å². The number of carbonyl (C=O) groups is 1. The molecular formula is C40H49N3O. The molecule has 1 aliphatic heterocycles. The Morgan fingerprint density at radius 3 is 2.02 bits per heavy atom. The number of carbonyl (C=O) groups excluding carboxylic acids is 1. The topological polar surface area (TPSA) is 35.6 Å². The summed E-state index contributed by atoms with van der Waals surface area (Å²) >= 11 is 0. The highest BCUT2D eigenvalue weighted by Crippen LogP contribution is 2.38. The average molecular weight is 588 g/mol. The summed E-state index contributed by atoms with van der Waals surface area (Å²) in [4.78, 5) is 17.5. The predicted molar refractivity (Wildman–Crippen MR) is 186 cm³/mol. The largest absolute Gasteiger partial charge is 0.387 e. The van der Waals surface area contributed by atoms with Crippen LogP contribution < -0.4 is 5.32 Å². The van der Waals surface area contributed by atoms with Crippen LogP contribution in [0.5, 0.6) is 0 Å². The lowest BCUT2D eigenvalue weighted by Gasteiger charge is -2.35. The summed E-state index contributed by atoms with van der Waals surface area (Å²) in [6.07, 6.45) is 7.13. The SMILES string of the molecule is C=C/C(NC)=C(/C)N(C)/C(C)=C\C(=C)c1ccccc1C.CC1CCN(C(=O)C2c3ccccc3Cc3ccccc32)CC1. The van der Waals surface area contributed by atoms with Crippen LogP contribution in [0.1, 0.15) is 72.9 Å². The number of piperidine rings is 1. The van der Waals surface area contributed by atoms with Crippen molar-refractivity contribution in [3.8, 4) is 0 Å². The molecule has 1 fully saturated rings. The van der Waals surface area contributed by atoms with Crippen molar-refractivity contribution < 1.29 is 4.79 Å². The first-order chi connectivity index (χ1) is 21.2. The van der Waals surface area contributed by atoms with E-state index in [2.05, 4.69) is 123 Å². The Morgan fingerprint density at radius 1 is 0.932 bits per heavy atom. The molecule has 1 amide bonds. The third kappa shape index (κ3) is 7.42. The molecule has 44 heavy (non-hydrogen) atoms. The van der Waals surface area contributed by atoms with Crippen LogP contribution in [0.3, 0.4) is 0 Å². The molecule has 0 aromatic heterocycles. The second kappa shape index (κ2) is 14.9. The molecule has 1 N–H and O–H groups in total. The number of fused-ring (bicyclic) bond motifs is 2. The minimum atomic E-state index is -0.121. The predicted octanol–water partition coefficient (Wildman–Crippen LogP) is 8.46. The van der Waals surface area contributed by atoms with Gasteiger partial charge in [-0.2, -0.15) is 0 Å². The van der Waals surface area contributed by atoms with Crippen molar-refractivity contribution in [3.05, 3.63) is 149 Å². The lowest BCUT2D eigenvalue weighted by Crippen LogP contribution is -2.41. The second-order valence-electron chi connectivity index (χ2n) is 12.2. The number of rotatable bonds is 7. The van der Waals surface area contributed by atoms with Crippen molar-refractivity contribution in [1.82, 2.24) is 15.1 Å². The average Bonchev–Trinajstić information content (AvgIpc) is 3.04. The molecular weight excluding hydrogens is 538 g/mol. The first kappa shape index (κ1) is 32.6. The van der Waals surface area contributed by atoms with E-state index in [1.165, 1.54) is 33.4 Å². The Labute approximate surface area is 265 Å². The van der Waals surface area contributed by atoms with Crippen molar-refractivity contribution in [3.63, 3.8) is 0 Å². The van der Waals surface area contributed by atoms with Crippen LogP contribution in [-0.4, -0.2) is 42.9 Å². The van der Waals surface area contributed by atoms with Crippen molar-refractivity contribution in [1.29, 1.82) is 0 Å².